The topological polar surface area (TPSA) is 30.9 Å². The van der Waals surface area contributed by atoms with Crippen LogP contribution in [0.1, 0.15) is 52.9 Å². The summed E-state index contributed by atoms with van der Waals surface area (Å²) >= 11 is 0. The van der Waals surface area contributed by atoms with Gasteiger partial charge in [-0.05, 0) is 70.5 Å². The number of hydrogen-bond acceptors (Lipinski definition) is 2. The molecule has 4 heteroatoms. The minimum atomic E-state index is 0.781. The van der Waals surface area contributed by atoms with Gasteiger partial charge in [0, 0.05) is 26.2 Å². The number of aliphatic imine (C=N–C) groups is 1. The van der Waals surface area contributed by atoms with E-state index in [0.717, 1.165) is 30.9 Å². The number of likely N-dealkylation sites (tertiary alicyclic amines) is 2. The van der Waals surface area contributed by atoms with Gasteiger partial charge in [-0.25, -0.2) is 0 Å². The summed E-state index contributed by atoms with van der Waals surface area (Å²) in [6.45, 7) is 14.9. The number of rotatable bonds is 5. The van der Waals surface area contributed by atoms with Crippen LogP contribution in [0, 0.1) is 11.8 Å². The first-order chi connectivity index (χ1) is 10.7. The van der Waals surface area contributed by atoms with Crippen LogP contribution in [-0.2, 0) is 0 Å². The Morgan fingerprint density at radius 2 is 1.91 bits per heavy atom. The lowest BCUT2D eigenvalue weighted by atomic mass is 9.97. The van der Waals surface area contributed by atoms with Crippen molar-refractivity contribution < 1.29 is 0 Å². The molecule has 2 aliphatic heterocycles. The van der Waals surface area contributed by atoms with E-state index in [4.69, 9.17) is 4.99 Å². The summed E-state index contributed by atoms with van der Waals surface area (Å²) in [5, 5.41) is 3.51. The minimum Gasteiger partial charge on any atom is -0.357 e. The zero-order chi connectivity index (χ0) is 15.8. The Bertz CT molecular complexity index is 334. The highest BCUT2D eigenvalue weighted by molar-refractivity contribution is 5.80. The van der Waals surface area contributed by atoms with E-state index in [9.17, 15) is 0 Å². The van der Waals surface area contributed by atoms with Crippen LogP contribution in [0.15, 0.2) is 4.99 Å². The molecule has 0 amide bonds. The van der Waals surface area contributed by atoms with Gasteiger partial charge in [0.25, 0.3) is 0 Å². The van der Waals surface area contributed by atoms with Crippen molar-refractivity contribution in [3.63, 3.8) is 0 Å². The van der Waals surface area contributed by atoms with E-state index in [0.29, 0.717) is 0 Å². The van der Waals surface area contributed by atoms with Gasteiger partial charge in [-0.15, -0.1) is 0 Å². The molecule has 2 heterocycles. The predicted octanol–water partition coefficient (Wildman–Crippen LogP) is 2.81. The fourth-order valence-corrected chi connectivity index (χ4v) is 3.73. The van der Waals surface area contributed by atoms with Gasteiger partial charge in [0.2, 0.25) is 0 Å². The van der Waals surface area contributed by atoms with Crippen LogP contribution < -0.4 is 5.32 Å². The van der Waals surface area contributed by atoms with Crippen molar-refractivity contribution in [2.75, 3.05) is 45.8 Å². The molecule has 1 N–H and O–H groups in total. The van der Waals surface area contributed by atoms with E-state index >= 15 is 0 Å². The summed E-state index contributed by atoms with van der Waals surface area (Å²) in [5.41, 5.74) is 0. The molecule has 2 aliphatic rings. The molecule has 2 saturated heterocycles. The second-order valence-corrected chi connectivity index (χ2v) is 7.17. The molecule has 0 saturated carbocycles. The molecule has 1 atom stereocenters. The van der Waals surface area contributed by atoms with Gasteiger partial charge < -0.3 is 15.1 Å². The Morgan fingerprint density at radius 3 is 2.55 bits per heavy atom. The minimum absolute atomic E-state index is 0.781. The average Bonchev–Trinajstić information content (AvgIpc) is 2.53. The molecular weight excluding hydrogens is 272 g/mol. The van der Waals surface area contributed by atoms with Gasteiger partial charge in [-0.1, -0.05) is 13.8 Å². The van der Waals surface area contributed by atoms with Gasteiger partial charge in [-0.2, -0.15) is 0 Å². The Labute approximate surface area is 137 Å². The normalized spacial score (nSPS) is 25.5. The summed E-state index contributed by atoms with van der Waals surface area (Å²) in [6.07, 6.45) is 6.59. The van der Waals surface area contributed by atoms with Crippen LogP contribution in [0.25, 0.3) is 0 Å². The standard InChI is InChI=1S/C18H36N4/c1-4-10-21-12-8-17(9-13-21)14-20-18(19-5-2)22-11-6-7-16(3)15-22/h16-17H,4-15H2,1-3H3,(H,19,20). The molecular formula is C18H36N4. The number of nitrogens with one attached hydrogen (secondary N) is 1. The smallest absolute Gasteiger partial charge is 0.193 e. The molecule has 128 valence electrons. The number of hydrogen-bond donors (Lipinski definition) is 1. The summed E-state index contributed by atoms with van der Waals surface area (Å²) in [5.74, 6) is 2.74. The van der Waals surface area contributed by atoms with Crippen molar-refractivity contribution in [1.82, 2.24) is 15.1 Å². The third-order valence-corrected chi connectivity index (χ3v) is 5.04. The summed E-state index contributed by atoms with van der Waals surface area (Å²) in [7, 11) is 0. The van der Waals surface area contributed by atoms with Crippen molar-refractivity contribution in [3.05, 3.63) is 0 Å². The van der Waals surface area contributed by atoms with Crippen LogP contribution in [0.5, 0.6) is 0 Å². The lowest BCUT2D eigenvalue weighted by Crippen LogP contribution is -2.46. The molecule has 1 unspecified atom stereocenters. The fourth-order valence-electron chi connectivity index (χ4n) is 3.73. The first-order valence-electron chi connectivity index (χ1n) is 9.48. The highest BCUT2D eigenvalue weighted by atomic mass is 15.3. The largest absolute Gasteiger partial charge is 0.357 e. The number of guanidine groups is 1. The fraction of sp³-hybridized carbons (Fsp3) is 0.944. The SMILES string of the molecule is CCCN1CCC(CN=C(NCC)N2CCCC(C)C2)CC1. The maximum absolute atomic E-state index is 4.98. The van der Waals surface area contributed by atoms with E-state index in [1.54, 1.807) is 0 Å². The van der Waals surface area contributed by atoms with E-state index in [1.807, 2.05) is 0 Å². The van der Waals surface area contributed by atoms with Gasteiger partial charge in [0.1, 0.15) is 0 Å². The lowest BCUT2D eigenvalue weighted by Gasteiger charge is -2.34. The molecule has 0 spiro atoms. The highest BCUT2D eigenvalue weighted by Gasteiger charge is 2.21. The Kier molecular flexibility index (Phi) is 7.50. The van der Waals surface area contributed by atoms with Crippen molar-refractivity contribution in [3.8, 4) is 0 Å². The van der Waals surface area contributed by atoms with Crippen LogP contribution >= 0.6 is 0 Å². The molecule has 2 rings (SSSR count). The van der Waals surface area contributed by atoms with Crippen molar-refractivity contribution in [2.24, 2.45) is 16.8 Å². The zero-order valence-corrected chi connectivity index (χ0v) is 15.0. The molecule has 0 radical (unpaired) electrons. The molecule has 2 fully saturated rings. The third-order valence-electron chi connectivity index (χ3n) is 5.04. The zero-order valence-electron chi connectivity index (χ0n) is 15.0. The molecule has 0 aromatic rings. The number of nitrogens with zero attached hydrogens (tertiary/aromatic N) is 3. The van der Waals surface area contributed by atoms with E-state index in [1.165, 1.54) is 64.8 Å². The van der Waals surface area contributed by atoms with E-state index in [-0.39, 0.29) is 0 Å². The first kappa shape index (κ1) is 17.6. The molecule has 4 nitrogen and oxygen atoms in total. The predicted molar refractivity (Wildman–Crippen MR) is 95.4 cm³/mol. The van der Waals surface area contributed by atoms with Gasteiger partial charge >= 0.3 is 0 Å². The Hall–Kier alpha value is -0.770. The molecule has 0 aromatic carbocycles. The summed E-state index contributed by atoms with van der Waals surface area (Å²) in [4.78, 5) is 10.1. The lowest BCUT2D eigenvalue weighted by molar-refractivity contribution is 0.187. The molecule has 22 heavy (non-hydrogen) atoms. The second-order valence-electron chi connectivity index (χ2n) is 7.17. The highest BCUT2D eigenvalue weighted by Crippen LogP contribution is 2.19. The number of piperidine rings is 2. The summed E-state index contributed by atoms with van der Waals surface area (Å²) < 4.78 is 0. The second kappa shape index (κ2) is 9.39. The maximum atomic E-state index is 4.98. The third kappa shape index (κ3) is 5.45. The summed E-state index contributed by atoms with van der Waals surface area (Å²) in [6, 6.07) is 0. The van der Waals surface area contributed by atoms with Crippen molar-refractivity contribution in [1.29, 1.82) is 0 Å². The van der Waals surface area contributed by atoms with Crippen LogP contribution in [-0.4, -0.2) is 61.6 Å². The first-order valence-corrected chi connectivity index (χ1v) is 9.48. The van der Waals surface area contributed by atoms with E-state index in [2.05, 4.69) is 35.9 Å². The van der Waals surface area contributed by atoms with Crippen LogP contribution in [0.2, 0.25) is 0 Å². The van der Waals surface area contributed by atoms with E-state index < -0.39 is 0 Å². The van der Waals surface area contributed by atoms with Gasteiger partial charge in [-0.3, -0.25) is 4.99 Å². The monoisotopic (exact) mass is 308 g/mol. The van der Waals surface area contributed by atoms with Crippen molar-refractivity contribution in [2.45, 2.75) is 52.9 Å². The quantitative estimate of drug-likeness (QED) is 0.626. The Balaban J connectivity index is 1.82. The maximum Gasteiger partial charge on any atom is 0.193 e. The molecule has 0 aromatic heterocycles. The van der Waals surface area contributed by atoms with Crippen LogP contribution in [0.3, 0.4) is 0 Å². The average molecular weight is 309 g/mol. The molecule has 0 bridgehead atoms. The van der Waals surface area contributed by atoms with Crippen LogP contribution in [0.4, 0.5) is 0 Å². The van der Waals surface area contributed by atoms with Crippen molar-refractivity contribution >= 4 is 5.96 Å². The molecule has 0 aliphatic carbocycles. The van der Waals surface area contributed by atoms with Gasteiger partial charge in [0.15, 0.2) is 5.96 Å². The Morgan fingerprint density at radius 1 is 1.14 bits per heavy atom. The van der Waals surface area contributed by atoms with Gasteiger partial charge in [0.05, 0.1) is 0 Å².